The number of amides is 2. The van der Waals surface area contributed by atoms with Crippen molar-refractivity contribution in [2.45, 2.75) is 0 Å². The second-order valence-electron chi connectivity index (χ2n) is 5.56. The quantitative estimate of drug-likeness (QED) is 0.637. The zero-order chi connectivity index (χ0) is 20.1. The molecule has 0 aliphatic heterocycles. The van der Waals surface area contributed by atoms with E-state index in [0.717, 1.165) is 0 Å². The maximum atomic E-state index is 12.2. The molecule has 3 rings (SSSR count). The maximum Gasteiger partial charge on any atom is 0.291 e. The van der Waals surface area contributed by atoms with Gasteiger partial charge in [-0.25, -0.2) is 0 Å². The molecule has 2 N–H and O–H groups in total. The molecule has 8 nitrogen and oxygen atoms in total. The van der Waals surface area contributed by atoms with Gasteiger partial charge in [0, 0.05) is 22.2 Å². The van der Waals surface area contributed by atoms with Crippen molar-refractivity contribution in [1.29, 1.82) is 0 Å². The SMILES string of the molecule is COc1ccc(C(=O)NNC(=O)c2cc(-c3cccc(Cl)c3)on2)cc1OC. The van der Waals surface area contributed by atoms with Gasteiger partial charge in [-0.15, -0.1) is 0 Å². The summed E-state index contributed by atoms with van der Waals surface area (Å²) in [5, 5.41) is 4.23. The van der Waals surface area contributed by atoms with Crippen molar-refractivity contribution in [3.8, 4) is 22.8 Å². The van der Waals surface area contributed by atoms with Gasteiger partial charge in [0.2, 0.25) is 0 Å². The lowest BCUT2D eigenvalue weighted by atomic mass is 10.1. The number of ether oxygens (including phenoxy) is 2. The lowest BCUT2D eigenvalue weighted by Crippen LogP contribution is -2.41. The number of nitrogens with one attached hydrogen (secondary N) is 2. The topological polar surface area (TPSA) is 103 Å². The summed E-state index contributed by atoms with van der Waals surface area (Å²) in [6, 6.07) is 13.0. The first-order chi connectivity index (χ1) is 13.5. The number of hydrogen-bond donors (Lipinski definition) is 2. The number of carbonyl (C=O) groups excluding carboxylic acids is 2. The van der Waals surface area contributed by atoms with Crippen molar-refractivity contribution in [2.75, 3.05) is 14.2 Å². The number of aromatic nitrogens is 1. The van der Waals surface area contributed by atoms with Crippen LogP contribution in [0.1, 0.15) is 20.8 Å². The Morgan fingerprint density at radius 1 is 0.964 bits per heavy atom. The molecule has 28 heavy (non-hydrogen) atoms. The number of carbonyl (C=O) groups is 2. The molecule has 3 aromatic rings. The smallest absolute Gasteiger partial charge is 0.291 e. The van der Waals surface area contributed by atoms with Gasteiger partial charge in [0.05, 0.1) is 14.2 Å². The van der Waals surface area contributed by atoms with Crippen LogP contribution in [0.15, 0.2) is 53.1 Å². The predicted molar refractivity (Wildman–Crippen MR) is 101 cm³/mol. The van der Waals surface area contributed by atoms with Gasteiger partial charge >= 0.3 is 0 Å². The molecule has 1 aromatic heterocycles. The Labute approximate surface area is 165 Å². The van der Waals surface area contributed by atoms with Crippen molar-refractivity contribution >= 4 is 23.4 Å². The standard InChI is InChI=1S/C19H16ClN3O5/c1-26-15-7-6-12(9-17(15)27-2)18(24)21-22-19(25)14-10-16(28-23-14)11-4-3-5-13(20)8-11/h3-10H,1-2H3,(H,21,24)(H,22,25). The summed E-state index contributed by atoms with van der Waals surface area (Å²) in [4.78, 5) is 24.4. The first-order valence-electron chi connectivity index (χ1n) is 8.07. The van der Waals surface area contributed by atoms with Gasteiger partial charge < -0.3 is 14.0 Å². The molecular weight excluding hydrogens is 386 g/mol. The Balaban J connectivity index is 1.65. The van der Waals surface area contributed by atoms with E-state index in [1.165, 1.54) is 32.4 Å². The van der Waals surface area contributed by atoms with Gasteiger partial charge in [-0.1, -0.05) is 28.9 Å². The number of rotatable bonds is 5. The van der Waals surface area contributed by atoms with Crippen molar-refractivity contribution in [1.82, 2.24) is 16.0 Å². The second-order valence-corrected chi connectivity index (χ2v) is 6.00. The molecule has 0 aliphatic rings. The third kappa shape index (κ3) is 4.24. The molecule has 0 aliphatic carbocycles. The molecule has 0 fully saturated rings. The van der Waals surface area contributed by atoms with E-state index in [4.69, 9.17) is 25.6 Å². The second kappa shape index (κ2) is 8.45. The monoisotopic (exact) mass is 401 g/mol. The first-order valence-corrected chi connectivity index (χ1v) is 8.45. The third-order valence-corrected chi connectivity index (χ3v) is 4.02. The Kier molecular flexibility index (Phi) is 5.81. The molecule has 0 spiro atoms. The molecule has 0 saturated carbocycles. The molecule has 0 saturated heterocycles. The van der Waals surface area contributed by atoms with Crippen LogP contribution in [0.3, 0.4) is 0 Å². The van der Waals surface area contributed by atoms with Gasteiger partial charge in [-0.3, -0.25) is 20.4 Å². The molecule has 0 unspecified atom stereocenters. The van der Waals surface area contributed by atoms with Gasteiger partial charge in [0.1, 0.15) is 0 Å². The minimum absolute atomic E-state index is 0.00240. The highest BCUT2D eigenvalue weighted by Gasteiger charge is 2.16. The van der Waals surface area contributed by atoms with Gasteiger partial charge in [0.15, 0.2) is 23.0 Å². The van der Waals surface area contributed by atoms with E-state index in [-0.39, 0.29) is 11.3 Å². The van der Waals surface area contributed by atoms with E-state index in [1.54, 1.807) is 30.3 Å². The average Bonchev–Trinajstić information content (AvgIpc) is 3.21. The number of hydrogen-bond acceptors (Lipinski definition) is 6. The van der Waals surface area contributed by atoms with Gasteiger partial charge in [-0.05, 0) is 30.3 Å². The first kappa shape index (κ1) is 19.2. The van der Waals surface area contributed by atoms with E-state index in [2.05, 4.69) is 16.0 Å². The van der Waals surface area contributed by atoms with E-state index in [9.17, 15) is 9.59 Å². The number of halogens is 1. The average molecular weight is 402 g/mol. The molecule has 0 atom stereocenters. The van der Waals surface area contributed by atoms with Crippen LogP contribution in [0.25, 0.3) is 11.3 Å². The Bertz CT molecular complexity index is 1020. The zero-order valence-electron chi connectivity index (χ0n) is 15.0. The lowest BCUT2D eigenvalue weighted by molar-refractivity contribution is 0.0841. The summed E-state index contributed by atoms with van der Waals surface area (Å²) in [6.07, 6.45) is 0. The fourth-order valence-electron chi connectivity index (χ4n) is 2.39. The molecule has 1 heterocycles. The summed E-state index contributed by atoms with van der Waals surface area (Å²) in [5.74, 6) is 0.0842. The van der Waals surface area contributed by atoms with Crippen molar-refractivity contribution in [2.24, 2.45) is 0 Å². The van der Waals surface area contributed by atoms with Crippen LogP contribution in [-0.4, -0.2) is 31.2 Å². The fraction of sp³-hybridized carbons (Fsp3) is 0.105. The number of benzene rings is 2. The molecule has 144 valence electrons. The van der Waals surface area contributed by atoms with Gasteiger partial charge in [-0.2, -0.15) is 0 Å². The van der Waals surface area contributed by atoms with E-state index < -0.39 is 11.8 Å². The normalized spacial score (nSPS) is 10.2. The summed E-state index contributed by atoms with van der Waals surface area (Å²) in [7, 11) is 2.96. The largest absolute Gasteiger partial charge is 0.493 e. The lowest BCUT2D eigenvalue weighted by Gasteiger charge is -2.10. The van der Waals surface area contributed by atoms with Crippen LogP contribution >= 0.6 is 11.6 Å². The molecule has 0 radical (unpaired) electrons. The van der Waals surface area contributed by atoms with Gasteiger partial charge in [0.25, 0.3) is 11.8 Å². The summed E-state index contributed by atoms with van der Waals surface area (Å²) in [5.41, 5.74) is 5.54. The Morgan fingerprint density at radius 3 is 2.43 bits per heavy atom. The highest BCUT2D eigenvalue weighted by Crippen LogP contribution is 2.27. The van der Waals surface area contributed by atoms with Crippen LogP contribution in [0.5, 0.6) is 11.5 Å². The molecule has 2 aromatic carbocycles. The highest BCUT2D eigenvalue weighted by molar-refractivity contribution is 6.30. The van der Waals surface area contributed by atoms with E-state index >= 15 is 0 Å². The molecular formula is C19H16ClN3O5. The number of hydrazine groups is 1. The van der Waals surface area contributed by atoms with Crippen molar-refractivity contribution in [3.63, 3.8) is 0 Å². The zero-order valence-corrected chi connectivity index (χ0v) is 15.7. The Hall–Kier alpha value is -3.52. The molecule has 9 heteroatoms. The number of nitrogens with zero attached hydrogens (tertiary/aromatic N) is 1. The third-order valence-electron chi connectivity index (χ3n) is 3.79. The van der Waals surface area contributed by atoms with Crippen LogP contribution in [0.2, 0.25) is 5.02 Å². The van der Waals surface area contributed by atoms with E-state index in [1.807, 2.05) is 0 Å². The summed E-state index contributed by atoms with van der Waals surface area (Å²) in [6.45, 7) is 0. The summed E-state index contributed by atoms with van der Waals surface area (Å²) < 4.78 is 15.4. The van der Waals surface area contributed by atoms with Crippen LogP contribution in [-0.2, 0) is 0 Å². The van der Waals surface area contributed by atoms with E-state index in [0.29, 0.717) is 27.8 Å². The fourth-order valence-corrected chi connectivity index (χ4v) is 2.58. The minimum atomic E-state index is -0.633. The van der Waals surface area contributed by atoms with Crippen molar-refractivity contribution < 1.29 is 23.6 Å². The minimum Gasteiger partial charge on any atom is -0.493 e. The van der Waals surface area contributed by atoms with Crippen molar-refractivity contribution in [3.05, 3.63) is 64.8 Å². The molecule has 0 bridgehead atoms. The predicted octanol–water partition coefficient (Wildman–Crippen LogP) is 3.09. The van der Waals surface area contributed by atoms with Crippen LogP contribution in [0, 0.1) is 0 Å². The molecule has 2 amide bonds. The maximum absolute atomic E-state index is 12.2. The van der Waals surface area contributed by atoms with Crippen LogP contribution in [0.4, 0.5) is 0 Å². The Morgan fingerprint density at radius 2 is 1.71 bits per heavy atom. The summed E-state index contributed by atoms with van der Waals surface area (Å²) >= 11 is 5.94. The van der Waals surface area contributed by atoms with Crippen LogP contribution < -0.4 is 20.3 Å². The highest BCUT2D eigenvalue weighted by atomic mass is 35.5. The number of methoxy groups -OCH3 is 2.